The third-order valence-corrected chi connectivity index (χ3v) is 9.29. The Morgan fingerprint density at radius 1 is 1.27 bits per heavy atom. The average Bonchev–Trinajstić information content (AvgIpc) is 3.57. The summed E-state index contributed by atoms with van der Waals surface area (Å²) in [5.41, 5.74) is 5.38. The van der Waals surface area contributed by atoms with Crippen LogP contribution >= 0.6 is 33.4 Å². The molecule has 3 heterocycles. The first-order valence-corrected chi connectivity index (χ1v) is 14.4. The molecule has 2 atom stereocenters. The van der Waals surface area contributed by atoms with Gasteiger partial charge in [0.05, 0.1) is 27.6 Å². The van der Waals surface area contributed by atoms with Gasteiger partial charge in [-0.3, -0.25) is 4.79 Å². The van der Waals surface area contributed by atoms with Gasteiger partial charge in [-0.25, -0.2) is 9.98 Å². The molecule has 7 nitrogen and oxygen atoms in total. The number of carbonyl (C=O) groups is 1. The number of nitrogens with zero attached hydrogens (tertiary/aromatic N) is 3. The molecule has 2 unspecified atom stereocenters. The van der Waals surface area contributed by atoms with E-state index in [2.05, 4.69) is 27.3 Å². The maximum Gasteiger partial charge on any atom is 0.316 e. The van der Waals surface area contributed by atoms with E-state index in [1.165, 1.54) is 11.3 Å². The molecule has 1 aromatic heterocycles. The lowest BCUT2D eigenvalue weighted by Gasteiger charge is -2.29. The minimum absolute atomic E-state index is 0.348. The molecule has 37 heavy (non-hydrogen) atoms. The number of aliphatic imine (C=N–C) groups is 1. The van der Waals surface area contributed by atoms with Crippen LogP contribution in [0.5, 0.6) is 5.75 Å². The lowest BCUT2D eigenvalue weighted by atomic mass is 10.1. The highest BCUT2D eigenvalue weighted by Gasteiger charge is 2.31. The Hall–Kier alpha value is -3.40. The molecule has 0 saturated heterocycles. The fourth-order valence-corrected chi connectivity index (χ4v) is 7.13. The highest BCUT2D eigenvalue weighted by Crippen LogP contribution is 2.40. The van der Waals surface area contributed by atoms with Crippen molar-refractivity contribution in [3.8, 4) is 5.75 Å². The molecule has 3 aromatic rings. The summed E-state index contributed by atoms with van der Waals surface area (Å²) in [6.45, 7) is 2.87. The molecule has 2 N–H and O–H groups in total. The molecular formula is C27H25ClN4O3S2. The van der Waals surface area contributed by atoms with Crippen LogP contribution in [0.25, 0.3) is 0 Å². The van der Waals surface area contributed by atoms with Crippen molar-refractivity contribution in [1.82, 2.24) is 9.88 Å². The Labute approximate surface area is 226 Å². The van der Waals surface area contributed by atoms with Crippen LogP contribution < -0.4 is 10.1 Å². The smallest absolute Gasteiger partial charge is 0.316 e. The topological polar surface area (TPSA) is 87.0 Å². The van der Waals surface area contributed by atoms with Gasteiger partial charge in [0.15, 0.2) is 0 Å². The summed E-state index contributed by atoms with van der Waals surface area (Å²) in [7, 11) is -0.597. The molecule has 0 radical (unpaired) electrons. The van der Waals surface area contributed by atoms with Crippen molar-refractivity contribution >= 4 is 56.4 Å². The lowest BCUT2D eigenvalue weighted by molar-refractivity contribution is -0.136. The number of halogens is 1. The van der Waals surface area contributed by atoms with Crippen molar-refractivity contribution in [3.63, 3.8) is 0 Å². The number of benzene rings is 2. The van der Waals surface area contributed by atoms with E-state index < -0.39 is 21.7 Å². The van der Waals surface area contributed by atoms with Gasteiger partial charge in [-0.1, -0.05) is 48.9 Å². The van der Waals surface area contributed by atoms with Crippen LogP contribution in [0.3, 0.4) is 0 Å². The number of fused-ring (bicyclic) bond motifs is 1. The molecule has 0 spiro atoms. The largest absolute Gasteiger partial charge is 0.486 e. The van der Waals surface area contributed by atoms with E-state index in [9.17, 15) is 9.90 Å². The fourth-order valence-electron chi connectivity index (χ4n) is 4.10. The second kappa shape index (κ2) is 11.3. The van der Waals surface area contributed by atoms with E-state index in [4.69, 9.17) is 21.3 Å². The van der Waals surface area contributed by atoms with Gasteiger partial charge in [0.25, 0.3) is 0 Å². The zero-order valence-corrected chi connectivity index (χ0v) is 22.4. The number of hydrogen-bond donors (Lipinski definition) is 2. The number of aromatic nitrogens is 1. The van der Waals surface area contributed by atoms with Crippen LogP contribution in [0.2, 0.25) is 5.02 Å². The standard InChI is InChI=1S/C27H25ClN4O3S2/c1-2-24(27(33)34)37-11-10-21-25(29-16-32(26(21)37)13-18-6-4-3-5-7-18)31-19-8-9-23(22(28)12-19)35-14-20-15-36-17-30-20/h3-12,15-17,24,31H,2,13-14H2,1H3,(H,33,34). The Morgan fingerprint density at radius 2 is 2.11 bits per heavy atom. The van der Waals surface area contributed by atoms with Gasteiger partial charge in [0, 0.05) is 23.2 Å². The van der Waals surface area contributed by atoms with E-state index in [1.807, 2.05) is 54.1 Å². The Balaban J connectivity index is 1.42. The van der Waals surface area contributed by atoms with Crippen LogP contribution in [0.1, 0.15) is 24.6 Å². The van der Waals surface area contributed by atoms with Gasteiger partial charge < -0.3 is 20.1 Å². The summed E-state index contributed by atoms with van der Waals surface area (Å²) in [6.07, 6.45) is 4.30. The number of nitrogens with one attached hydrogen (secondary N) is 1. The molecule has 2 aliphatic rings. The predicted molar refractivity (Wildman–Crippen MR) is 152 cm³/mol. The minimum Gasteiger partial charge on any atom is -0.486 e. The normalized spacial score (nSPS) is 17.2. The molecule has 10 heteroatoms. The summed E-state index contributed by atoms with van der Waals surface area (Å²) in [5.74, 6) is 0.430. The van der Waals surface area contributed by atoms with Crippen LogP contribution in [0, 0.1) is 0 Å². The van der Waals surface area contributed by atoms with Gasteiger partial charge in [-0.05, 0) is 41.7 Å². The fraction of sp³-hybridized carbons (Fsp3) is 0.185. The molecule has 0 bridgehead atoms. The number of thiazole rings is 1. The second-order valence-corrected chi connectivity index (χ2v) is 11.5. The van der Waals surface area contributed by atoms with Crippen molar-refractivity contribution in [2.45, 2.75) is 31.7 Å². The summed E-state index contributed by atoms with van der Waals surface area (Å²) >= 11 is 8.02. The molecule has 0 aliphatic carbocycles. The molecule has 2 aromatic carbocycles. The zero-order valence-electron chi connectivity index (χ0n) is 20.0. The number of carboxylic acids is 1. The molecule has 2 aliphatic heterocycles. The summed E-state index contributed by atoms with van der Waals surface area (Å²) in [4.78, 5) is 24.0. The third-order valence-electron chi connectivity index (χ3n) is 5.88. The third kappa shape index (κ3) is 5.64. The van der Waals surface area contributed by atoms with Crippen molar-refractivity contribution in [1.29, 1.82) is 0 Å². The van der Waals surface area contributed by atoms with Crippen molar-refractivity contribution in [2.24, 2.45) is 4.99 Å². The maximum atomic E-state index is 12.1. The number of carboxylic acid groups (broad SMARTS) is 1. The SMILES string of the molecule is CCC(C(=O)O)S1=C2C(=C(Nc3ccc(OCc4cscn4)c(Cl)c3)N=CN2Cc2ccccc2)C=C1. The first-order valence-electron chi connectivity index (χ1n) is 11.7. The molecule has 0 amide bonds. The minimum atomic E-state index is -0.791. The summed E-state index contributed by atoms with van der Waals surface area (Å²) in [6, 6.07) is 15.6. The van der Waals surface area contributed by atoms with Crippen molar-refractivity contribution in [2.75, 3.05) is 5.32 Å². The van der Waals surface area contributed by atoms with E-state index in [1.54, 1.807) is 17.9 Å². The van der Waals surface area contributed by atoms with E-state index in [-0.39, 0.29) is 0 Å². The number of ether oxygens (including phenoxy) is 1. The highest BCUT2D eigenvalue weighted by molar-refractivity contribution is 8.20. The van der Waals surface area contributed by atoms with Crippen LogP contribution in [-0.4, -0.2) is 37.5 Å². The number of rotatable bonds is 10. The molecular weight excluding hydrogens is 528 g/mol. The van der Waals surface area contributed by atoms with Gasteiger partial charge >= 0.3 is 5.97 Å². The molecule has 0 fully saturated rings. The molecule has 5 rings (SSSR count). The second-order valence-electron chi connectivity index (χ2n) is 8.37. The monoisotopic (exact) mass is 552 g/mol. The van der Waals surface area contributed by atoms with Crippen LogP contribution in [0.15, 0.2) is 87.3 Å². The van der Waals surface area contributed by atoms with Gasteiger partial charge in [0.1, 0.15) is 23.4 Å². The number of anilines is 1. The quantitative estimate of drug-likeness (QED) is 0.286. The van der Waals surface area contributed by atoms with Crippen LogP contribution in [-0.2, 0) is 17.9 Å². The Morgan fingerprint density at radius 3 is 2.81 bits per heavy atom. The first kappa shape index (κ1) is 25.3. The Kier molecular flexibility index (Phi) is 7.73. The van der Waals surface area contributed by atoms with Gasteiger partial charge in [-0.2, -0.15) is 0 Å². The lowest BCUT2D eigenvalue weighted by Crippen LogP contribution is -2.35. The van der Waals surface area contributed by atoms with Crippen molar-refractivity contribution in [3.05, 3.63) is 98.6 Å². The van der Waals surface area contributed by atoms with Crippen molar-refractivity contribution < 1.29 is 14.6 Å². The number of hydrogen-bond acceptors (Lipinski definition) is 7. The van der Waals surface area contributed by atoms with E-state index in [0.29, 0.717) is 36.2 Å². The molecule has 0 saturated carbocycles. The average molecular weight is 553 g/mol. The maximum absolute atomic E-state index is 12.1. The molecule has 190 valence electrons. The Bertz CT molecular complexity index is 1420. The highest BCUT2D eigenvalue weighted by atomic mass is 35.5. The zero-order chi connectivity index (χ0) is 25.8. The van der Waals surface area contributed by atoms with E-state index in [0.717, 1.165) is 27.5 Å². The summed E-state index contributed by atoms with van der Waals surface area (Å²) < 4.78 is 5.81. The van der Waals surface area contributed by atoms with Crippen LogP contribution in [0.4, 0.5) is 5.69 Å². The van der Waals surface area contributed by atoms with Gasteiger partial charge in [-0.15, -0.1) is 21.8 Å². The predicted octanol–water partition coefficient (Wildman–Crippen LogP) is 6.33. The van der Waals surface area contributed by atoms with Gasteiger partial charge in [0.2, 0.25) is 0 Å². The van der Waals surface area contributed by atoms with E-state index >= 15 is 0 Å². The first-order chi connectivity index (χ1) is 18.0. The summed E-state index contributed by atoms with van der Waals surface area (Å²) in [5, 5.41) is 17.2. The number of aliphatic carboxylic acids is 1.